The molecule has 236 valence electrons. The van der Waals surface area contributed by atoms with Gasteiger partial charge in [-0.3, -0.25) is 0 Å². The average Bonchev–Trinajstić information content (AvgIpc) is 3.51. The zero-order valence-electron chi connectivity index (χ0n) is 27.9. The molecule has 2 heterocycles. The van der Waals surface area contributed by atoms with Crippen molar-refractivity contribution in [1.82, 2.24) is 15.0 Å². The lowest BCUT2D eigenvalue weighted by Crippen LogP contribution is -2.33. The van der Waals surface area contributed by atoms with Gasteiger partial charge in [0.1, 0.15) is 0 Å². The number of thiophene rings is 1. The number of nitriles is 1. The van der Waals surface area contributed by atoms with Crippen molar-refractivity contribution >= 4 is 37.2 Å². The van der Waals surface area contributed by atoms with Gasteiger partial charge < -0.3 is 0 Å². The first-order valence-corrected chi connectivity index (χ1v) is 17.3. The molecule has 0 saturated carbocycles. The van der Waals surface area contributed by atoms with E-state index in [4.69, 9.17) is 21.5 Å². The number of rotatable bonds is 4. The summed E-state index contributed by atoms with van der Waals surface area (Å²) in [6.07, 6.45) is 2.28. The lowest BCUT2D eigenvalue weighted by atomic mass is 9.63. The van der Waals surface area contributed by atoms with E-state index >= 15 is 0 Å². The first-order valence-electron chi connectivity index (χ1n) is 16.5. The SMILES string of the molecule is [C-]#[N+]c1cc(-c2ccc3c(c2)C(C)(C)CCC3(C)C)cc(-c2nc(-c3ccc(C#N)cc3)nc(-c3ccc4c(c3)sc3ccccc34)n2)c1. The molecule has 0 atom stereocenters. The molecule has 49 heavy (non-hydrogen) atoms. The molecule has 2 aromatic heterocycles. The lowest BCUT2D eigenvalue weighted by molar-refractivity contribution is 0.332. The highest BCUT2D eigenvalue weighted by Gasteiger charge is 2.37. The molecular weight excluding hydrogens is 619 g/mol. The van der Waals surface area contributed by atoms with Gasteiger partial charge in [-0.25, -0.2) is 19.8 Å². The Hall–Kier alpha value is -5.69. The molecule has 0 bridgehead atoms. The quantitative estimate of drug-likeness (QED) is 0.178. The van der Waals surface area contributed by atoms with Crippen LogP contribution in [-0.2, 0) is 10.8 Å². The van der Waals surface area contributed by atoms with Crippen LogP contribution in [0, 0.1) is 17.9 Å². The van der Waals surface area contributed by atoms with Crippen molar-refractivity contribution in [2.24, 2.45) is 0 Å². The van der Waals surface area contributed by atoms with Gasteiger partial charge in [-0.2, -0.15) is 5.26 Å². The van der Waals surface area contributed by atoms with E-state index in [2.05, 4.69) is 105 Å². The van der Waals surface area contributed by atoms with Crippen LogP contribution in [0.1, 0.15) is 57.2 Å². The Morgan fingerprint density at radius 1 is 0.612 bits per heavy atom. The second kappa shape index (κ2) is 11.5. The summed E-state index contributed by atoms with van der Waals surface area (Å²) in [4.78, 5) is 18.8. The molecule has 8 rings (SSSR count). The van der Waals surface area contributed by atoms with Gasteiger partial charge in [0.25, 0.3) is 0 Å². The molecule has 5 nitrogen and oxygen atoms in total. The van der Waals surface area contributed by atoms with Crippen LogP contribution in [0.5, 0.6) is 0 Å². The fourth-order valence-corrected chi connectivity index (χ4v) is 8.21. The summed E-state index contributed by atoms with van der Waals surface area (Å²) in [6, 6.07) is 37.0. The number of aromatic nitrogens is 3. The fourth-order valence-electron chi connectivity index (χ4n) is 7.06. The third-order valence-electron chi connectivity index (χ3n) is 10.0. The minimum atomic E-state index is 0.0652. The van der Waals surface area contributed by atoms with E-state index in [0.29, 0.717) is 28.7 Å². The van der Waals surface area contributed by atoms with Crippen molar-refractivity contribution in [2.75, 3.05) is 0 Å². The first-order chi connectivity index (χ1) is 23.6. The average molecular weight is 652 g/mol. The molecular formula is C43H33N5S. The summed E-state index contributed by atoms with van der Waals surface area (Å²) < 4.78 is 2.40. The largest absolute Gasteiger partial charge is 0.238 e. The maximum atomic E-state index is 9.40. The summed E-state index contributed by atoms with van der Waals surface area (Å²) in [7, 11) is 0. The second-order valence-corrected chi connectivity index (χ2v) is 15.3. The van der Waals surface area contributed by atoms with Crippen molar-refractivity contribution in [3.63, 3.8) is 0 Å². The summed E-state index contributed by atoms with van der Waals surface area (Å²) in [5, 5.41) is 11.8. The highest BCUT2D eigenvalue weighted by atomic mass is 32.1. The molecule has 7 aromatic rings. The highest BCUT2D eigenvalue weighted by molar-refractivity contribution is 7.25. The molecule has 0 spiro atoms. The Bertz CT molecular complexity index is 2530. The van der Waals surface area contributed by atoms with Crippen molar-refractivity contribution < 1.29 is 0 Å². The van der Waals surface area contributed by atoms with E-state index in [9.17, 15) is 5.26 Å². The Morgan fingerprint density at radius 2 is 1.22 bits per heavy atom. The van der Waals surface area contributed by atoms with E-state index in [1.54, 1.807) is 23.5 Å². The van der Waals surface area contributed by atoms with Gasteiger partial charge in [0.15, 0.2) is 23.2 Å². The number of hydrogen-bond donors (Lipinski definition) is 0. The topological polar surface area (TPSA) is 66.8 Å². The molecule has 0 amide bonds. The van der Waals surface area contributed by atoms with Gasteiger partial charge in [0, 0.05) is 36.9 Å². The van der Waals surface area contributed by atoms with Crippen molar-refractivity contribution in [1.29, 1.82) is 5.26 Å². The zero-order valence-corrected chi connectivity index (χ0v) is 28.7. The molecule has 0 N–H and O–H groups in total. The van der Waals surface area contributed by atoms with Crippen LogP contribution < -0.4 is 0 Å². The number of fused-ring (bicyclic) bond motifs is 4. The maximum Gasteiger partial charge on any atom is 0.188 e. The Labute approximate surface area is 290 Å². The Morgan fingerprint density at radius 3 is 1.96 bits per heavy atom. The fraction of sp³-hybridized carbons (Fsp3) is 0.186. The summed E-state index contributed by atoms with van der Waals surface area (Å²) >= 11 is 1.75. The molecule has 1 aliphatic carbocycles. The molecule has 1 aliphatic rings. The van der Waals surface area contributed by atoms with Crippen molar-refractivity contribution in [3.05, 3.63) is 131 Å². The predicted molar refractivity (Wildman–Crippen MR) is 201 cm³/mol. The Balaban J connectivity index is 1.30. The maximum absolute atomic E-state index is 9.40. The van der Waals surface area contributed by atoms with Crippen LogP contribution in [0.2, 0.25) is 0 Å². The van der Waals surface area contributed by atoms with Crippen LogP contribution in [0.3, 0.4) is 0 Å². The van der Waals surface area contributed by atoms with Crippen molar-refractivity contribution in [2.45, 2.75) is 51.4 Å². The van der Waals surface area contributed by atoms with Crippen molar-refractivity contribution in [3.8, 4) is 51.4 Å². The van der Waals surface area contributed by atoms with Crippen LogP contribution in [-0.4, -0.2) is 15.0 Å². The second-order valence-electron chi connectivity index (χ2n) is 14.2. The molecule has 0 radical (unpaired) electrons. The highest BCUT2D eigenvalue weighted by Crippen LogP contribution is 2.47. The van der Waals surface area contributed by atoms with E-state index in [0.717, 1.165) is 45.4 Å². The zero-order chi connectivity index (χ0) is 33.9. The van der Waals surface area contributed by atoms with E-state index in [1.807, 2.05) is 24.3 Å². The molecule has 0 saturated heterocycles. The molecule has 0 fully saturated rings. The van der Waals surface area contributed by atoms with Gasteiger partial charge >= 0.3 is 0 Å². The van der Waals surface area contributed by atoms with Gasteiger partial charge in [0.2, 0.25) is 0 Å². The molecule has 0 aliphatic heterocycles. The third-order valence-corrected chi connectivity index (χ3v) is 11.2. The number of nitrogens with zero attached hydrogens (tertiary/aromatic N) is 5. The lowest BCUT2D eigenvalue weighted by Gasteiger charge is -2.42. The minimum absolute atomic E-state index is 0.0652. The van der Waals surface area contributed by atoms with Crippen LogP contribution >= 0.6 is 11.3 Å². The minimum Gasteiger partial charge on any atom is -0.238 e. The molecule has 0 unspecified atom stereocenters. The molecule has 5 aromatic carbocycles. The van der Waals surface area contributed by atoms with Gasteiger partial charge in [0.05, 0.1) is 18.2 Å². The standard InChI is InChI=1S/C43H33N5S/c1-42(2)18-19-43(3,4)36-23-28(15-17-35(36)42)30-20-31(22-32(21-30)45-5)41-47-39(27-12-10-26(25-44)11-13-27)46-40(48-41)29-14-16-34-33-8-6-7-9-37(33)49-38(34)24-29/h6-17,20-24H,18-19H2,1-4H3. The first kappa shape index (κ1) is 30.6. The van der Waals surface area contributed by atoms with Gasteiger partial charge in [-0.05, 0) is 101 Å². The summed E-state index contributed by atoms with van der Waals surface area (Å²) in [5.41, 5.74) is 8.51. The Kier molecular flexibility index (Phi) is 7.18. The van der Waals surface area contributed by atoms with E-state index in [-0.39, 0.29) is 10.8 Å². The van der Waals surface area contributed by atoms with Crippen LogP contribution in [0.25, 0.3) is 70.3 Å². The van der Waals surface area contributed by atoms with Gasteiger partial charge in [-0.1, -0.05) is 76.2 Å². The third kappa shape index (κ3) is 5.45. The summed E-state index contributed by atoms with van der Waals surface area (Å²) in [5.74, 6) is 1.55. The summed E-state index contributed by atoms with van der Waals surface area (Å²) in [6.45, 7) is 17.3. The number of hydrogen-bond acceptors (Lipinski definition) is 5. The smallest absolute Gasteiger partial charge is 0.188 e. The predicted octanol–water partition coefficient (Wildman–Crippen LogP) is 11.7. The monoisotopic (exact) mass is 651 g/mol. The molecule has 6 heteroatoms. The normalized spacial score (nSPS) is 14.7. The number of benzene rings is 5. The van der Waals surface area contributed by atoms with Gasteiger partial charge in [-0.15, -0.1) is 11.3 Å². The van der Waals surface area contributed by atoms with E-state index in [1.165, 1.54) is 26.6 Å². The van der Waals surface area contributed by atoms with Crippen LogP contribution in [0.4, 0.5) is 5.69 Å². The van der Waals surface area contributed by atoms with E-state index < -0.39 is 0 Å². The van der Waals surface area contributed by atoms with Crippen LogP contribution in [0.15, 0.2) is 103 Å².